The Kier molecular flexibility index (Phi) is 4.48. The number of hydrogen-bond acceptors (Lipinski definition) is 3. The smallest absolute Gasteiger partial charge is 0.336 e. The molecule has 22 heavy (non-hydrogen) atoms. The lowest BCUT2D eigenvalue weighted by molar-refractivity contribution is 0.0651. The molecule has 0 amide bonds. The molecule has 0 aromatic heterocycles. The highest BCUT2D eigenvalue weighted by Crippen LogP contribution is 2.14. The van der Waals surface area contributed by atoms with Crippen molar-refractivity contribution in [3.8, 4) is 0 Å². The molecule has 0 spiro atoms. The summed E-state index contributed by atoms with van der Waals surface area (Å²) < 4.78 is 0. The van der Waals surface area contributed by atoms with Gasteiger partial charge in [-0.15, -0.1) is 0 Å². The molecule has 0 aliphatic rings. The van der Waals surface area contributed by atoms with E-state index in [2.05, 4.69) is 0 Å². The Morgan fingerprint density at radius 2 is 1.45 bits per heavy atom. The molecule has 0 aliphatic carbocycles. The highest BCUT2D eigenvalue weighted by Gasteiger charge is 2.15. The predicted molar refractivity (Wildman–Crippen MR) is 80.2 cm³/mol. The molecule has 0 saturated carbocycles. The quantitative estimate of drug-likeness (QED) is 0.653. The molecular formula is C17H12O5. The molecule has 5 nitrogen and oxygen atoms in total. The molecule has 0 radical (unpaired) electrons. The van der Waals surface area contributed by atoms with E-state index in [1.165, 1.54) is 30.4 Å². The highest BCUT2D eigenvalue weighted by molar-refractivity contribution is 6.07. The van der Waals surface area contributed by atoms with Crippen LogP contribution in [0.3, 0.4) is 0 Å². The van der Waals surface area contributed by atoms with Gasteiger partial charge in [-0.2, -0.15) is 0 Å². The summed E-state index contributed by atoms with van der Waals surface area (Å²) in [6.45, 7) is 0. The van der Waals surface area contributed by atoms with Crippen molar-refractivity contribution >= 4 is 23.8 Å². The third kappa shape index (κ3) is 3.46. The summed E-state index contributed by atoms with van der Waals surface area (Å²) in [6.07, 6.45) is 2.77. The summed E-state index contributed by atoms with van der Waals surface area (Å²) in [5, 5.41) is 18.0. The number of carbonyl (C=O) groups excluding carboxylic acids is 1. The maximum Gasteiger partial charge on any atom is 0.336 e. The molecule has 0 aliphatic heterocycles. The third-order valence-electron chi connectivity index (χ3n) is 2.99. The van der Waals surface area contributed by atoms with E-state index in [-0.39, 0.29) is 16.9 Å². The maximum atomic E-state index is 11.9. The molecule has 5 heteroatoms. The molecule has 2 rings (SSSR count). The Balaban J connectivity index is 2.29. The molecule has 0 atom stereocenters. The van der Waals surface area contributed by atoms with Crippen molar-refractivity contribution in [3.05, 3.63) is 76.9 Å². The molecule has 2 aromatic rings. The van der Waals surface area contributed by atoms with Crippen molar-refractivity contribution < 1.29 is 24.6 Å². The van der Waals surface area contributed by atoms with Crippen LogP contribution in [0.25, 0.3) is 6.08 Å². The van der Waals surface area contributed by atoms with Crippen LogP contribution in [0.1, 0.15) is 36.6 Å². The minimum absolute atomic E-state index is 0.222. The summed E-state index contributed by atoms with van der Waals surface area (Å²) in [5.41, 5.74) is 0.340. The molecule has 0 unspecified atom stereocenters. The standard InChI is InChI=1S/C17H12O5/c18-15(12-4-2-1-3-5-12)9-7-11-6-8-13(16(19)20)14(10-11)17(21)22/h1-10H,(H,19,20)(H,21,22). The second kappa shape index (κ2) is 6.49. The number of rotatable bonds is 5. The predicted octanol–water partition coefficient (Wildman–Crippen LogP) is 2.98. The Hall–Kier alpha value is -3.21. The zero-order valence-electron chi connectivity index (χ0n) is 11.4. The van der Waals surface area contributed by atoms with Gasteiger partial charge in [0.05, 0.1) is 11.1 Å². The van der Waals surface area contributed by atoms with Crippen molar-refractivity contribution in [2.45, 2.75) is 0 Å². The number of aromatic carboxylic acids is 2. The number of carboxylic acids is 2. The van der Waals surface area contributed by atoms with E-state index in [9.17, 15) is 14.4 Å². The molecule has 2 aromatic carbocycles. The summed E-state index contributed by atoms with van der Waals surface area (Å²) in [5.74, 6) is -2.87. The number of ketones is 1. The lowest BCUT2D eigenvalue weighted by atomic mass is 10.0. The van der Waals surface area contributed by atoms with Gasteiger partial charge in [-0.25, -0.2) is 9.59 Å². The van der Waals surface area contributed by atoms with Crippen LogP contribution in [0.4, 0.5) is 0 Å². The largest absolute Gasteiger partial charge is 0.478 e. The number of allylic oxidation sites excluding steroid dienone is 1. The fourth-order valence-electron chi connectivity index (χ4n) is 1.90. The average Bonchev–Trinajstić information content (AvgIpc) is 2.53. The van der Waals surface area contributed by atoms with Crippen molar-refractivity contribution in [1.29, 1.82) is 0 Å². The lowest BCUT2D eigenvalue weighted by Crippen LogP contribution is -2.08. The zero-order chi connectivity index (χ0) is 16.1. The van der Waals surface area contributed by atoms with E-state index >= 15 is 0 Å². The molecule has 110 valence electrons. The van der Waals surface area contributed by atoms with E-state index in [0.29, 0.717) is 11.1 Å². The topological polar surface area (TPSA) is 91.7 Å². The van der Waals surface area contributed by atoms with Gasteiger partial charge in [-0.1, -0.05) is 42.5 Å². The first kappa shape index (κ1) is 15.2. The van der Waals surface area contributed by atoms with Gasteiger partial charge in [0.25, 0.3) is 0 Å². The second-order valence-electron chi connectivity index (χ2n) is 4.48. The first-order valence-corrected chi connectivity index (χ1v) is 6.37. The minimum atomic E-state index is -1.33. The molecule has 0 saturated heterocycles. The SMILES string of the molecule is O=C(C=Cc1ccc(C(=O)O)c(C(=O)O)c1)c1ccccc1. The van der Waals surface area contributed by atoms with Gasteiger partial charge in [0.15, 0.2) is 5.78 Å². The Bertz CT molecular complexity index is 760. The average molecular weight is 296 g/mol. The van der Waals surface area contributed by atoms with Crippen molar-refractivity contribution in [2.75, 3.05) is 0 Å². The maximum absolute atomic E-state index is 11.9. The summed E-state index contributed by atoms with van der Waals surface area (Å²) in [4.78, 5) is 34.0. The van der Waals surface area contributed by atoms with E-state index in [0.717, 1.165) is 0 Å². The summed E-state index contributed by atoms with van der Waals surface area (Å²) in [6, 6.07) is 12.5. The van der Waals surface area contributed by atoms with Crippen LogP contribution >= 0.6 is 0 Å². The van der Waals surface area contributed by atoms with Gasteiger partial charge in [-0.05, 0) is 23.8 Å². The van der Waals surface area contributed by atoms with Crippen LogP contribution < -0.4 is 0 Å². The molecule has 0 heterocycles. The molecule has 2 N–H and O–H groups in total. The van der Waals surface area contributed by atoms with Gasteiger partial charge >= 0.3 is 11.9 Å². The zero-order valence-corrected chi connectivity index (χ0v) is 11.4. The van der Waals surface area contributed by atoms with Crippen LogP contribution in [0.2, 0.25) is 0 Å². The van der Waals surface area contributed by atoms with Gasteiger partial charge < -0.3 is 10.2 Å². The molecular weight excluding hydrogens is 284 g/mol. The Morgan fingerprint density at radius 3 is 2.05 bits per heavy atom. The van der Waals surface area contributed by atoms with Gasteiger partial charge in [0.2, 0.25) is 0 Å². The Labute approximate surface area is 126 Å². The first-order valence-electron chi connectivity index (χ1n) is 6.37. The van der Waals surface area contributed by atoms with Crippen molar-refractivity contribution in [1.82, 2.24) is 0 Å². The van der Waals surface area contributed by atoms with E-state index in [1.54, 1.807) is 30.3 Å². The molecule has 0 fully saturated rings. The number of carboxylic acid groups (broad SMARTS) is 2. The third-order valence-corrected chi connectivity index (χ3v) is 2.99. The lowest BCUT2D eigenvalue weighted by Gasteiger charge is -2.02. The van der Waals surface area contributed by atoms with Crippen LogP contribution in [-0.4, -0.2) is 27.9 Å². The fourth-order valence-corrected chi connectivity index (χ4v) is 1.90. The van der Waals surface area contributed by atoms with Crippen molar-refractivity contribution in [2.24, 2.45) is 0 Å². The van der Waals surface area contributed by atoms with Crippen LogP contribution in [0, 0.1) is 0 Å². The van der Waals surface area contributed by atoms with Gasteiger partial charge in [-0.3, -0.25) is 4.79 Å². The van der Waals surface area contributed by atoms with Crippen LogP contribution in [0.15, 0.2) is 54.6 Å². The van der Waals surface area contributed by atoms with E-state index in [1.807, 2.05) is 0 Å². The summed E-state index contributed by atoms with van der Waals surface area (Å²) >= 11 is 0. The van der Waals surface area contributed by atoms with Crippen LogP contribution in [-0.2, 0) is 0 Å². The fraction of sp³-hybridized carbons (Fsp3) is 0. The first-order chi connectivity index (χ1) is 10.5. The minimum Gasteiger partial charge on any atom is -0.478 e. The van der Waals surface area contributed by atoms with E-state index in [4.69, 9.17) is 10.2 Å². The second-order valence-corrected chi connectivity index (χ2v) is 4.48. The normalized spacial score (nSPS) is 10.5. The molecule has 0 bridgehead atoms. The Morgan fingerprint density at radius 1 is 0.818 bits per heavy atom. The number of carbonyl (C=O) groups is 3. The number of hydrogen-bond donors (Lipinski definition) is 2. The number of benzene rings is 2. The van der Waals surface area contributed by atoms with Gasteiger partial charge in [0, 0.05) is 5.56 Å². The van der Waals surface area contributed by atoms with Crippen LogP contribution in [0.5, 0.6) is 0 Å². The van der Waals surface area contributed by atoms with Gasteiger partial charge in [0.1, 0.15) is 0 Å². The summed E-state index contributed by atoms with van der Waals surface area (Å²) in [7, 11) is 0. The van der Waals surface area contributed by atoms with E-state index < -0.39 is 11.9 Å². The highest BCUT2D eigenvalue weighted by atomic mass is 16.4. The van der Waals surface area contributed by atoms with Crippen molar-refractivity contribution in [3.63, 3.8) is 0 Å². The monoisotopic (exact) mass is 296 g/mol.